The Morgan fingerprint density at radius 3 is 1.80 bits per heavy atom. The van der Waals surface area contributed by atoms with Crippen LogP contribution in [0, 0.1) is 0 Å². The van der Waals surface area contributed by atoms with Gasteiger partial charge >= 0.3 is 0 Å². The number of hydrogen-bond donors (Lipinski definition) is 0. The van der Waals surface area contributed by atoms with Gasteiger partial charge in [0.25, 0.3) is 0 Å². The molecule has 30 heavy (non-hydrogen) atoms. The van der Waals surface area contributed by atoms with E-state index < -0.39 is 0 Å². The minimum atomic E-state index is 0.137. The van der Waals surface area contributed by atoms with Gasteiger partial charge in [-0.05, 0) is 42.7 Å². The van der Waals surface area contributed by atoms with Crippen LogP contribution in [0.4, 0.5) is 11.4 Å². The van der Waals surface area contributed by atoms with E-state index in [1.165, 1.54) is 0 Å². The molecule has 2 aliphatic rings. The lowest BCUT2D eigenvalue weighted by Crippen LogP contribution is -2.26. The van der Waals surface area contributed by atoms with Crippen LogP contribution < -0.4 is 9.80 Å². The van der Waals surface area contributed by atoms with E-state index in [2.05, 4.69) is 18.2 Å². The molecule has 0 radical (unpaired) electrons. The third kappa shape index (κ3) is 3.47. The average Bonchev–Trinajstić information content (AvgIpc) is 3.42. The highest BCUT2D eigenvalue weighted by atomic mass is 16.2. The lowest BCUT2D eigenvalue weighted by molar-refractivity contribution is -0.117. The van der Waals surface area contributed by atoms with Gasteiger partial charge < -0.3 is 9.80 Å². The number of benzene rings is 2. The first-order valence-electron chi connectivity index (χ1n) is 10.5. The van der Waals surface area contributed by atoms with Crippen molar-refractivity contribution in [3.63, 3.8) is 0 Å². The van der Waals surface area contributed by atoms with Crippen LogP contribution in [0.2, 0.25) is 0 Å². The van der Waals surface area contributed by atoms with E-state index >= 15 is 0 Å². The van der Waals surface area contributed by atoms with Crippen molar-refractivity contribution in [3.8, 4) is 22.4 Å². The highest BCUT2D eigenvalue weighted by Crippen LogP contribution is 2.34. The standard InChI is InChI=1S/C25H23N3O2/c29-24-8-4-12-27(24)21-14-20(15-22(16-21)28-13-5-9-25(28)30)23-11-10-19(17-26-23)18-6-2-1-3-7-18/h1-3,6-7,10-11,14-17H,4-5,8-9,12-13H2. The van der Waals surface area contributed by atoms with Gasteiger partial charge in [-0.1, -0.05) is 36.4 Å². The Bertz CT molecular complexity index is 1050. The molecule has 0 aliphatic carbocycles. The molecular weight excluding hydrogens is 374 g/mol. The quantitative estimate of drug-likeness (QED) is 0.643. The molecule has 3 aromatic rings. The average molecular weight is 397 g/mol. The Labute approximate surface area is 176 Å². The van der Waals surface area contributed by atoms with Crippen LogP contribution in [0.3, 0.4) is 0 Å². The number of pyridine rings is 1. The maximum Gasteiger partial charge on any atom is 0.227 e. The number of anilines is 2. The number of carbonyl (C=O) groups is 2. The number of aromatic nitrogens is 1. The molecule has 2 amide bonds. The normalized spacial score (nSPS) is 16.5. The summed E-state index contributed by atoms with van der Waals surface area (Å²) in [6.07, 6.45) is 4.76. The first kappa shape index (κ1) is 18.6. The molecule has 0 unspecified atom stereocenters. The number of hydrogen-bond acceptors (Lipinski definition) is 3. The highest BCUT2D eigenvalue weighted by Gasteiger charge is 2.26. The minimum absolute atomic E-state index is 0.137. The molecule has 1 aromatic heterocycles. The number of amides is 2. The van der Waals surface area contributed by atoms with Gasteiger partial charge in [-0.15, -0.1) is 0 Å². The van der Waals surface area contributed by atoms with Crippen molar-refractivity contribution in [2.24, 2.45) is 0 Å². The Morgan fingerprint density at radius 1 is 0.667 bits per heavy atom. The summed E-state index contributed by atoms with van der Waals surface area (Å²) in [5, 5.41) is 0. The molecule has 2 aliphatic heterocycles. The fourth-order valence-corrected chi connectivity index (χ4v) is 4.26. The molecule has 0 saturated carbocycles. The van der Waals surface area contributed by atoms with Crippen LogP contribution in [0.25, 0.3) is 22.4 Å². The smallest absolute Gasteiger partial charge is 0.227 e. The monoisotopic (exact) mass is 397 g/mol. The van der Waals surface area contributed by atoms with Crippen molar-refractivity contribution in [2.45, 2.75) is 25.7 Å². The molecule has 5 nitrogen and oxygen atoms in total. The summed E-state index contributed by atoms with van der Waals surface area (Å²) < 4.78 is 0. The van der Waals surface area contributed by atoms with Gasteiger partial charge in [0.2, 0.25) is 11.8 Å². The van der Waals surface area contributed by atoms with Gasteiger partial charge in [-0.2, -0.15) is 0 Å². The first-order chi connectivity index (χ1) is 14.7. The van der Waals surface area contributed by atoms with E-state index in [9.17, 15) is 9.59 Å². The lowest BCUT2D eigenvalue weighted by atomic mass is 10.0. The van der Waals surface area contributed by atoms with Crippen LogP contribution in [-0.2, 0) is 9.59 Å². The Hall–Kier alpha value is -3.47. The Balaban J connectivity index is 1.55. The molecular formula is C25H23N3O2. The maximum absolute atomic E-state index is 12.4. The molecule has 0 N–H and O–H groups in total. The second-order valence-corrected chi connectivity index (χ2v) is 7.83. The number of carbonyl (C=O) groups excluding carboxylic acids is 2. The van der Waals surface area contributed by atoms with Crippen LogP contribution in [0.5, 0.6) is 0 Å². The predicted molar refractivity (Wildman–Crippen MR) is 118 cm³/mol. The Morgan fingerprint density at radius 2 is 1.30 bits per heavy atom. The summed E-state index contributed by atoms with van der Waals surface area (Å²) in [4.78, 5) is 33.0. The fraction of sp³-hybridized carbons (Fsp3) is 0.240. The van der Waals surface area contributed by atoms with E-state index in [1.54, 1.807) is 0 Å². The largest absolute Gasteiger partial charge is 0.312 e. The van der Waals surface area contributed by atoms with Crippen LogP contribution in [0.15, 0.2) is 66.9 Å². The zero-order valence-corrected chi connectivity index (χ0v) is 16.8. The van der Waals surface area contributed by atoms with E-state index in [0.29, 0.717) is 12.8 Å². The number of nitrogens with zero attached hydrogens (tertiary/aromatic N) is 3. The van der Waals surface area contributed by atoms with Crippen molar-refractivity contribution in [1.29, 1.82) is 0 Å². The summed E-state index contributed by atoms with van der Waals surface area (Å²) in [5.74, 6) is 0.275. The molecule has 150 valence electrons. The van der Waals surface area contributed by atoms with Crippen molar-refractivity contribution in [2.75, 3.05) is 22.9 Å². The molecule has 0 spiro atoms. The van der Waals surface area contributed by atoms with E-state index in [-0.39, 0.29) is 11.8 Å². The fourth-order valence-electron chi connectivity index (χ4n) is 4.26. The molecule has 3 heterocycles. The summed E-state index contributed by atoms with van der Waals surface area (Å²) >= 11 is 0. The third-order valence-electron chi connectivity index (χ3n) is 5.84. The molecule has 5 rings (SSSR count). The van der Waals surface area contributed by atoms with Crippen molar-refractivity contribution < 1.29 is 9.59 Å². The minimum Gasteiger partial charge on any atom is -0.312 e. The SMILES string of the molecule is O=C1CCCN1c1cc(-c2ccc(-c3ccccc3)cn2)cc(N2CCCC2=O)c1. The molecule has 2 aromatic carbocycles. The van der Waals surface area contributed by atoms with Gasteiger partial charge in [0.05, 0.1) is 5.69 Å². The van der Waals surface area contributed by atoms with E-state index in [1.807, 2.05) is 58.5 Å². The van der Waals surface area contributed by atoms with E-state index in [4.69, 9.17) is 4.98 Å². The lowest BCUT2D eigenvalue weighted by Gasteiger charge is -2.22. The van der Waals surface area contributed by atoms with Crippen LogP contribution in [0.1, 0.15) is 25.7 Å². The predicted octanol–water partition coefficient (Wildman–Crippen LogP) is 4.67. The topological polar surface area (TPSA) is 53.5 Å². The van der Waals surface area contributed by atoms with Gasteiger partial charge in [0.15, 0.2) is 0 Å². The van der Waals surface area contributed by atoms with Crippen LogP contribution >= 0.6 is 0 Å². The van der Waals surface area contributed by atoms with Gasteiger partial charge in [-0.25, -0.2) is 0 Å². The van der Waals surface area contributed by atoms with Crippen molar-refractivity contribution >= 4 is 23.2 Å². The first-order valence-corrected chi connectivity index (χ1v) is 10.5. The molecule has 0 atom stereocenters. The summed E-state index contributed by atoms with van der Waals surface area (Å²) in [7, 11) is 0. The van der Waals surface area contributed by atoms with Crippen molar-refractivity contribution in [1.82, 2.24) is 4.98 Å². The Kier molecular flexibility index (Phi) is 4.79. The molecule has 0 bridgehead atoms. The zero-order valence-electron chi connectivity index (χ0n) is 16.8. The maximum atomic E-state index is 12.4. The summed E-state index contributed by atoms with van der Waals surface area (Å²) in [5.41, 5.74) is 5.62. The van der Waals surface area contributed by atoms with Crippen molar-refractivity contribution in [3.05, 3.63) is 66.9 Å². The molecule has 2 fully saturated rings. The molecule has 5 heteroatoms. The summed E-state index contributed by atoms with van der Waals surface area (Å²) in [6, 6.07) is 20.2. The van der Waals surface area contributed by atoms with Gasteiger partial charge in [-0.3, -0.25) is 14.6 Å². The highest BCUT2D eigenvalue weighted by molar-refractivity contribution is 5.99. The third-order valence-corrected chi connectivity index (χ3v) is 5.84. The molecule has 2 saturated heterocycles. The summed E-state index contributed by atoms with van der Waals surface area (Å²) in [6.45, 7) is 1.44. The van der Waals surface area contributed by atoms with Gasteiger partial charge in [0.1, 0.15) is 0 Å². The number of rotatable bonds is 4. The van der Waals surface area contributed by atoms with Crippen LogP contribution in [-0.4, -0.2) is 29.9 Å². The van der Waals surface area contributed by atoms with Gasteiger partial charge in [0, 0.05) is 54.6 Å². The second-order valence-electron chi connectivity index (χ2n) is 7.83. The second kappa shape index (κ2) is 7.75. The van der Waals surface area contributed by atoms with E-state index in [0.717, 1.165) is 59.7 Å². The zero-order chi connectivity index (χ0) is 20.5.